The lowest BCUT2D eigenvalue weighted by atomic mass is 10.1. The highest BCUT2D eigenvalue weighted by Gasteiger charge is 2.20. The van der Waals surface area contributed by atoms with Gasteiger partial charge in [-0.15, -0.1) is 0 Å². The summed E-state index contributed by atoms with van der Waals surface area (Å²) in [5.41, 5.74) is 1.63. The summed E-state index contributed by atoms with van der Waals surface area (Å²) in [5, 5.41) is 2.78. The molecule has 0 saturated carbocycles. The van der Waals surface area contributed by atoms with Gasteiger partial charge in [-0.25, -0.2) is 4.68 Å². The van der Waals surface area contributed by atoms with Crippen molar-refractivity contribution in [1.82, 2.24) is 9.36 Å². The van der Waals surface area contributed by atoms with E-state index in [2.05, 4.69) is 5.32 Å². The molecule has 1 N–H and O–H groups in total. The van der Waals surface area contributed by atoms with E-state index in [4.69, 9.17) is 4.74 Å². The van der Waals surface area contributed by atoms with Crippen LogP contribution in [0.4, 0.5) is 5.69 Å². The number of anilines is 1. The standard InChI is InChI=1S/C18H23N3O3/c1-13-17(19-16(22)11-10-15-9-6-12-24-15)18(23)21(20(13)2)14-7-4-3-5-8-14/h3-5,7-8,15H,6,9-12H2,1-2H3,(H,19,22)/t15-/m1/s1. The van der Waals surface area contributed by atoms with Crippen LogP contribution in [0.25, 0.3) is 5.69 Å². The van der Waals surface area contributed by atoms with Gasteiger partial charge in [-0.05, 0) is 38.3 Å². The highest BCUT2D eigenvalue weighted by molar-refractivity contribution is 5.91. The molecule has 1 saturated heterocycles. The lowest BCUT2D eigenvalue weighted by Crippen LogP contribution is -2.23. The molecule has 2 heterocycles. The minimum atomic E-state index is -0.216. The van der Waals surface area contributed by atoms with E-state index < -0.39 is 0 Å². The fourth-order valence-electron chi connectivity index (χ4n) is 3.08. The van der Waals surface area contributed by atoms with Crippen molar-refractivity contribution in [2.24, 2.45) is 7.05 Å². The van der Waals surface area contributed by atoms with Crippen molar-refractivity contribution in [2.45, 2.75) is 38.7 Å². The van der Waals surface area contributed by atoms with Gasteiger partial charge in [0.15, 0.2) is 0 Å². The van der Waals surface area contributed by atoms with Gasteiger partial charge in [0.05, 0.1) is 17.5 Å². The molecule has 0 aliphatic carbocycles. The van der Waals surface area contributed by atoms with Gasteiger partial charge in [-0.2, -0.15) is 0 Å². The van der Waals surface area contributed by atoms with Crippen LogP contribution in [0.15, 0.2) is 35.1 Å². The lowest BCUT2D eigenvalue weighted by molar-refractivity contribution is -0.116. The molecule has 0 spiro atoms. The molecule has 1 amide bonds. The maximum atomic E-state index is 12.7. The van der Waals surface area contributed by atoms with Gasteiger partial charge in [-0.3, -0.25) is 14.3 Å². The number of carbonyl (C=O) groups is 1. The molecule has 0 bridgehead atoms. The van der Waals surface area contributed by atoms with E-state index in [1.165, 1.54) is 0 Å². The number of nitrogens with one attached hydrogen (secondary N) is 1. The first-order valence-corrected chi connectivity index (χ1v) is 8.33. The van der Waals surface area contributed by atoms with Gasteiger partial charge >= 0.3 is 0 Å². The van der Waals surface area contributed by atoms with Crippen LogP contribution in [0.1, 0.15) is 31.4 Å². The number of ether oxygens (including phenoxy) is 1. The second kappa shape index (κ2) is 7.05. The molecule has 0 unspecified atom stereocenters. The maximum absolute atomic E-state index is 12.7. The van der Waals surface area contributed by atoms with Crippen LogP contribution >= 0.6 is 0 Å². The number of benzene rings is 1. The molecule has 1 aliphatic heterocycles. The van der Waals surface area contributed by atoms with Crippen LogP contribution in [0.2, 0.25) is 0 Å². The van der Waals surface area contributed by atoms with Gasteiger partial charge in [0.1, 0.15) is 5.69 Å². The summed E-state index contributed by atoms with van der Waals surface area (Å²) in [6, 6.07) is 9.39. The Morgan fingerprint density at radius 2 is 2.08 bits per heavy atom. The Labute approximate surface area is 141 Å². The number of para-hydroxylation sites is 1. The van der Waals surface area contributed by atoms with Crippen LogP contribution < -0.4 is 10.9 Å². The number of hydrogen-bond donors (Lipinski definition) is 1. The summed E-state index contributed by atoms with van der Waals surface area (Å²) in [6.07, 6.45) is 3.31. The maximum Gasteiger partial charge on any atom is 0.295 e. The Bertz CT molecular complexity index is 771. The van der Waals surface area contributed by atoms with Gasteiger partial charge in [0.2, 0.25) is 5.91 Å². The highest BCUT2D eigenvalue weighted by atomic mass is 16.5. The highest BCUT2D eigenvalue weighted by Crippen LogP contribution is 2.18. The minimum Gasteiger partial charge on any atom is -0.378 e. The first kappa shape index (κ1) is 16.5. The van der Waals surface area contributed by atoms with Crippen molar-refractivity contribution in [3.8, 4) is 5.69 Å². The summed E-state index contributed by atoms with van der Waals surface area (Å²) in [5.74, 6) is -0.142. The molecule has 3 rings (SSSR count). The van der Waals surface area contributed by atoms with E-state index in [9.17, 15) is 9.59 Å². The second-order valence-electron chi connectivity index (χ2n) is 6.16. The quantitative estimate of drug-likeness (QED) is 0.916. The van der Waals surface area contributed by atoms with E-state index in [0.29, 0.717) is 18.5 Å². The fraction of sp³-hybridized carbons (Fsp3) is 0.444. The van der Waals surface area contributed by atoms with Crippen molar-refractivity contribution < 1.29 is 9.53 Å². The molecule has 1 aromatic heterocycles. The topological polar surface area (TPSA) is 65.3 Å². The number of hydrogen-bond acceptors (Lipinski definition) is 3. The normalized spacial score (nSPS) is 17.2. The molecule has 6 heteroatoms. The summed E-state index contributed by atoms with van der Waals surface area (Å²) >= 11 is 0. The van der Waals surface area contributed by atoms with E-state index in [-0.39, 0.29) is 17.6 Å². The van der Waals surface area contributed by atoms with Gasteiger partial charge in [0.25, 0.3) is 5.56 Å². The van der Waals surface area contributed by atoms with Crippen molar-refractivity contribution in [3.63, 3.8) is 0 Å². The Kier molecular flexibility index (Phi) is 4.85. The summed E-state index contributed by atoms with van der Waals surface area (Å²) in [7, 11) is 1.81. The largest absolute Gasteiger partial charge is 0.378 e. The molecular weight excluding hydrogens is 306 g/mol. The number of amides is 1. The number of rotatable bonds is 5. The molecule has 1 fully saturated rings. The summed E-state index contributed by atoms with van der Waals surface area (Å²) < 4.78 is 8.85. The number of carbonyl (C=O) groups excluding carboxylic acids is 1. The Hall–Kier alpha value is -2.34. The second-order valence-corrected chi connectivity index (χ2v) is 6.16. The SMILES string of the molecule is Cc1c(NC(=O)CC[C@H]2CCCO2)c(=O)n(-c2ccccc2)n1C. The van der Waals surface area contributed by atoms with E-state index in [0.717, 1.165) is 30.8 Å². The fourth-order valence-corrected chi connectivity index (χ4v) is 3.08. The Morgan fingerprint density at radius 1 is 1.33 bits per heavy atom. The third-order valence-corrected chi connectivity index (χ3v) is 4.54. The smallest absolute Gasteiger partial charge is 0.295 e. The van der Waals surface area contributed by atoms with Crippen LogP contribution in [-0.4, -0.2) is 28.0 Å². The van der Waals surface area contributed by atoms with Crippen LogP contribution in [0.5, 0.6) is 0 Å². The van der Waals surface area contributed by atoms with E-state index in [1.54, 1.807) is 9.36 Å². The zero-order valence-electron chi connectivity index (χ0n) is 14.1. The van der Waals surface area contributed by atoms with Gasteiger partial charge < -0.3 is 10.1 Å². The lowest BCUT2D eigenvalue weighted by Gasteiger charge is -2.08. The van der Waals surface area contributed by atoms with Crippen molar-refractivity contribution >= 4 is 11.6 Å². The molecular formula is C18H23N3O3. The van der Waals surface area contributed by atoms with E-state index in [1.807, 2.05) is 44.3 Å². The Balaban J connectivity index is 1.76. The van der Waals surface area contributed by atoms with Gasteiger partial charge in [-0.1, -0.05) is 18.2 Å². The summed E-state index contributed by atoms with van der Waals surface area (Å²) in [6.45, 7) is 2.61. The van der Waals surface area contributed by atoms with Crippen LogP contribution in [-0.2, 0) is 16.6 Å². The third kappa shape index (κ3) is 3.28. The Morgan fingerprint density at radius 3 is 2.75 bits per heavy atom. The first-order valence-electron chi connectivity index (χ1n) is 8.33. The monoisotopic (exact) mass is 329 g/mol. The molecule has 0 radical (unpaired) electrons. The minimum absolute atomic E-state index is 0.142. The zero-order chi connectivity index (χ0) is 17.1. The number of aromatic nitrogens is 2. The zero-order valence-corrected chi connectivity index (χ0v) is 14.1. The van der Waals surface area contributed by atoms with Crippen molar-refractivity contribution in [2.75, 3.05) is 11.9 Å². The van der Waals surface area contributed by atoms with Crippen LogP contribution in [0, 0.1) is 6.92 Å². The molecule has 6 nitrogen and oxygen atoms in total. The van der Waals surface area contributed by atoms with Crippen molar-refractivity contribution in [3.05, 3.63) is 46.4 Å². The van der Waals surface area contributed by atoms with Crippen LogP contribution in [0.3, 0.4) is 0 Å². The summed E-state index contributed by atoms with van der Waals surface area (Å²) in [4.78, 5) is 24.9. The first-order chi connectivity index (χ1) is 11.6. The molecule has 128 valence electrons. The molecule has 1 aromatic carbocycles. The van der Waals surface area contributed by atoms with E-state index >= 15 is 0 Å². The average Bonchev–Trinajstić information content (AvgIpc) is 3.17. The average molecular weight is 329 g/mol. The molecule has 1 atom stereocenters. The molecule has 24 heavy (non-hydrogen) atoms. The van der Waals surface area contributed by atoms with Crippen molar-refractivity contribution in [1.29, 1.82) is 0 Å². The number of nitrogens with zero attached hydrogens (tertiary/aromatic N) is 2. The third-order valence-electron chi connectivity index (χ3n) is 4.54. The molecule has 1 aliphatic rings. The predicted octanol–water partition coefficient (Wildman–Crippen LogP) is 2.38. The van der Waals surface area contributed by atoms with Gasteiger partial charge in [0, 0.05) is 20.1 Å². The molecule has 2 aromatic rings. The predicted molar refractivity (Wildman–Crippen MR) is 92.6 cm³/mol.